The lowest BCUT2D eigenvalue weighted by molar-refractivity contribution is -0.142. The van der Waals surface area contributed by atoms with E-state index in [2.05, 4.69) is 15.3 Å². The van der Waals surface area contributed by atoms with E-state index in [1.165, 1.54) is 12.4 Å². The van der Waals surface area contributed by atoms with Gasteiger partial charge in [0.05, 0.1) is 5.92 Å². The highest BCUT2D eigenvalue weighted by molar-refractivity contribution is 5.70. The van der Waals surface area contributed by atoms with E-state index in [1.54, 1.807) is 0 Å². The van der Waals surface area contributed by atoms with Gasteiger partial charge < -0.3 is 15.4 Å². The van der Waals surface area contributed by atoms with Gasteiger partial charge in [0.15, 0.2) is 5.82 Å². The standard InChI is InChI=1S/C11H15N3O3/c15-10-9(12-5-6-13-10)14-8-3-1-7(2-4-8)11(16)17/h5-8H,1-4H2,(H,12,14)(H,13,15)(H,16,17). The Bertz CT molecular complexity index is 449. The van der Waals surface area contributed by atoms with Crippen LogP contribution in [-0.4, -0.2) is 27.1 Å². The third-order valence-corrected chi connectivity index (χ3v) is 3.12. The van der Waals surface area contributed by atoms with Gasteiger partial charge in [0, 0.05) is 18.4 Å². The maximum atomic E-state index is 11.4. The molecule has 2 rings (SSSR count). The molecule has 17 heavy (non-hydrogen) atoms. The first-order valence-corrected chi connectivity index (χ1v) is 5.70. The molecule has 1 aliphatic carbocycles. The number of hydrogen-bond acceptors (Lipinski definition) is 4. The number of H-pyrrole nitrogens is 1. The zero-order valence-corrected chi connectivity index (χ0v) is 9.35. The molecule has 0 aromatic carbocycles. The highest BCUT2D eigenvalue weighted by Gasteiger charge is 2.26. The predicted octanol–water partition coefficient (Wildman–Crippen LogP) is 0.825. The smallest absolute Gasteiger partial charge is 0.306 e. The largest absolute Gasteiger partial charge is 0.481 e. The number of aromatic nitrogens is 2. The van der Waals surface area contributed by atoms with Gasteiger partial charge in [-0.1, -0.05) is 0 Å². The second-order valence-electron chi connectivity index (χ2n) is 4.30. The predicted molar refractivity (Wildman–Crippen MR) is 61.9 cm³/mol. The van der Waals surface area contributed by atoms with E-state index >= 15 is 0 Å². The van der Waals surface area contributed by atoms with Crippen molar-refractivity contribution in [2.24, 2.45) is 5.92 Å². The lowest BCUT2D eigenvalue weighted by Crippen LogP contribution is -2.31. The van der Waals surface area contributed by atoms with Crippen molar-refractivity contribution in [3.8, 4) is 0 Å². The van der Waals surface area contributed by atoms with Gasteiger partial charge in [-0.3, -0.25) is 9.59 Å². The Morgan fingerprint density at radius 3 is 2.71 bits per heavy atom. The summed E-state index contributed by atoms with van der Waals surface area (Å²) < 4.78 is 0. The van der Waals surface area contributed by atoms with Crippen molar-refractivity contribution in [2.45, 2.75) is 31.7 Å². The number of carboxylic acids is 1. The van der Waals surface area contributed by atoms with Gasteiger partial charge in [-0.15, -0.1) is 0 Å². The van der Waals surface area contributed by atoms with Crippen molar-refractivity contribution in [3.05, 3.63) is 22.7 Å². The summed E-state index contributed by atoms with van der Waals surface area (Å²) in [5.74, 6) is -0.652. The fraction of sp³-hybridized carbons (Fsp3) is 0.545. The molecule has 6 nitrogen and oxygen atoms in total. The Morgan fingerprint density at radius 2 is 2.12 bits per heavy atom. The third kappa shape index (κ3) is 2.83. The minimum Gasteiger partial charge on any atom is -0.481 e. The number of nitrogens with zero attached hydrogens (tertiary/aromatic N) is 1. The molecule has 0 unspecified atom stereocenters. The molecule has 6 heteroatoms. The van der Waals surface area contributed by atoms with E-state index in [4.69, 9.17) is 5.11 Å². The van der Waals surface area contributed by atoms with E-state index in [0.717, 1.165) is 12.8 Å². The van der Waals surface area contributed by atoms with Gasteiger partial charge in [0.1, 0.15) is 0 Å². The summed E-state index contributed by atoms with van der Waals surface area (Å²) in [6.45, 7) is 0. The van der Waals surface area contributed by atoms with Gasteiger partial charge in [-0.2, -0.15) is 0 Å². The molecule has 0 spiro atoms. The average Bonchev–Trinajstić information content (AvgIpc) is 2.33. The zero-order chi connectivity index (χ0) is 12.3. The Labute approximate surface area is 98.1 Å². The van der Waals surface area contributed by atoms with Crippen molar-refractivity contribution >= 4 is 11.8 Å². The van der Waals surface area contributed by atoms with Crippen molar-refractivity contribution in [1.82, 2.24) is 9.97 Å². The van der Waals surface area contributed by atoms with Crippen LogP contribution < -0.4 is 10.9 Å². The summed E-state index contributed by atoms with van der Waals surface area (Å²) >= 11 is 0. The normalized spacial score (nSPS) is 24.2. The molecule has 1 saturated carbocycles. The summed E-state index contributed by atoms with van der Waals surface area (Å²) in [6, 6.07) is 0.140. The second-order valence-corrected chi connectivity index (χ2v) is 4.30. The molecule has 3 N–H and O–H groups in total. The monoisotopic (exact) mass is 237 g/mol. The SMILES string of the molecule is O=C(O)C1CCC(Nc2ncc[nH]c2=O)CC1. The highest BCUT2D eigenvalue weighted by Crippen LogP contribution is 2.25. The number of rotatable bonds is 3. The van der Waals surface area contributed by atoms with Crippen molar-refractivity contribution < 1.29 is 9.90 Å². The molecular weight excluding hydrogens is 222 g/mol. The van der Waals surface area contributed by atoms with Crippen LogP contribution in [0.1, 0.15) is 25.7 Å². The fourth-order valence-electron chi connectivity index (χ4n) is 2.13. The molecule has 0 atom stereocenters. The first-order valence-electron chi connectivity index (χ1n) is 5.70. The van der Waals surface area contributed by atoms with E-state index in [-0.39, 0.29) is 17.5 Å². The Hall–Kier alpha value is -1.85. The zero-order valence-electron chi connectivity index (χ0n) is 9.35. The van der Waals surface area contributed by atoms with Crippen LogP contribution in [0.3, 0.4) is 0 Å². The summed E-state index contributed by atoms with van der Waals surface area (Å²) in [6.07, 6.45) is 5.82. The number of anilines is 1. The summed E-state index contributed by atoms with van der Waals surface area (Å²) in [5.41, 5.74) is -0.243. The number of aromatic amines is 1. The molecule has 0 amide bonds. The first-order chi connectivity index (χ1) is 8.16. The molecule has 0 saturated heterocycles. The van der Waals surface area contributed by atoms with Gasteiger partial charge >= 0.3 is 5.97 Å². The van der Waals surface area contributed by atoms with Crippen LogP contribution in [0.15, 0.2) is 17.2 Å². The van der Waals surface area contributed by atoms with Gasteiger partial charge in [-0.05, 0) is 25.7 Å². The van der Waals surface area contributed by atoms with Crippen LogP contribution in [0.5, 0.6) is 0 Å². The molecule has 1 heterocycles. The maximum absolute atomic E-state index is 11.4. The number of carbonyl (C=O) groups is 1. The van der Waals surface area contributed by atoms with E-state index in [1.807, 2.05) is 0 Å². The number of hydrogen-bond donors (Lipinski definition) is 3. The summed E-state index contributed by atoms with van der Waals surface area (Å²) in [5, 5.41) is 11.9. The quantitative estimate of drug-likeness (QED) is 0.723. The maximum Gasteiger partial charge on any atom is 0.306 e. The van der Waals surface area contributed by atoms with Crippen LogP contribution >= 0.6 is 0 Å². The van der Waals surface area contributed by atoms with Gasteiger partial charge in [0.2, 0.25) is 0 Å². The molecule has 92 valence electrons. The average molecular weight is 237 g/mol. The first kappa shape index (κ1) is 11.6. The highest BCUT2D eigenvalue weighted by atomic mass is 16.4. The minimum atomic E-state index is -0.723. The molecule has 1 aromatic rings. The van der Waals surface area contributed by atoms with Crippen LogP contribution in [0.2, 0.25) is 0 Å². The summed E-state index contributed by atoms with van der Waals surface area (Å²) in [7, 11) is 0. The van der Waals surface area contributed by atoms with Gasteiger partial charge in [0.25, 0.3) is 5.56 Å². The van der Waals surface area contributed by atoms with E-state index in [0.29, 0.717) is 18.7 Å². The van der Waals surface area contributed by atoms with Crippen molar-refractivity contribution in [3.63, 3.8) is 0 Å². The molecule has 1 aromatic heterocycles. The Morgan fingerprint density at radius 1 is 1.41 bits per heavy atom. The second kappa shape index (κ2) is 4.99. The van der Waals surface area contributed by atoms with Crippen LogP contribution in [-0.2, 0) is 4.79 Å². The molecule has 1 aliphatic rings. The minimum absolute atomic E-state index is 0.140. The lowest BCUT2D eigenvalue weighted by atomic mass is 9.86. The van der Waals surface area contributed by atoms with Crippen molar-refractivity contribution in [2.75, 3.05) is 5.32 Å². The number of aliphatic carboxylic acids is 1. The van der Waals surface area contributed by atoms with E-state index < -0.39 is 5.97 Å². The topological polar surface area (TPSA) is 95.1 Å². The van der Waals surface area contributed by atoms with Crippen molar-refractivity contribution in [1.29, 1.82) is 0 Å². The lowest BCUT2D eigenvalue weighted by Gasteiger charge is -2.26. The number of nitrogens with one attached hydrogen (secondary N) is 2. The Balaban J connectivity index is 1.93. The number of carboxylic acid groups (broad SMARTS) is 1. The van der Waals surface area contributed by atoms with Crippen LogP contribution in [0.4, 0.5) is 5.82 Å². The third-order valence-electron chi connectivity index (χ3n) is 3.12. The summed E-state index contributed by atoms with van der Waals surface area (Å²) in [4.78, 5) is 28.7. The Kier molecular flexibility index (Phi) is 3.41. The fourth-order valence-corrected chi connectivity index (χ4v) is 2.13. The van der Waals surface area contributed by atoms with E-state index in [9.17, 15) is 9.59 Å². The molecular formula is C11H15N3O3. The van der Waals surface area contributed by atoms with Gasteiger partial charge in [-0.25, -0.2) is 4.98 Å². The van der Waals surface area contributed by atoms with Crippen LogP contribution in [0.25, 0.3) is 0 Å². The molecule has 1 fully saturated rings. The molecule has 0 aliphatic heterocycles. The molecule has 0 radical (unpaired) electrons. The van der Waals surface area contributed by atoms with Crippen LogP contribution in [0, 0.1) is 5.92 Å². The molecule has 0 bridgehead atoms.